The van der Waals surface area contributed by atoms with Crippen LogP contribution in [-0.2, 0) is 9.59 Å². The lowest BCUT2D eigenvalue weighted by Gasteiger charge is -2.20. The first-order valence-electron chi connectivity index (χ1n) is 12.3. The first kappa shape index (κ1) is 28.2. The largest absolute Gasteiger partial charge is 0.300 e. The molecule has 0 N–H and O–H groups in total. The topological polar surface area (TPSA) is 34.1 Å². The molecule has 30 heavy (non-hydrogen) atoms. The van der Waals surface area contributed by atoms with Crippen molar-refractivity contribution in [3.05, 3.63) is 12.2 Å². The number of carbonyl (C=O) groups is 2. The van der Waals surface area contributed by atoms with Gasteiger partial charge in [0.2, 0.25) is 0 Å². The second-order valence-corrected chi connectivity index (χ2v) is 12.8. The Hall–Kier alpha value is 0.130. The number of Topliss-reactive ketones (excluding diaryl/α,β-unsaturated/α-hetero) is 2. The van der Waals surface area contributed by atoms with Gasteiger partial charge < -0.3 is 0 Å². The van der Waals surface area contributed by atoms with Crippen LogP contribution in [0.1, 0.15) is 117 Å². The average Bonchev–Trinajstić information content (AvgIpc) is 2.79. The number of thioether (sulfide) groups is 1. The molecule has 174 valence electrons. The van der Waals surface area contributed by atoms with E-state index in [1.807, 2.05) is 40.3 Å². The quantitative estimate of drug-likeness (QED) is 0.143. The predicted octanol–water partition coefficient (Wildman–Crippen LogP) is 8.79. The highest BCUT2D eigenvalue weighted by Gasteiger charge is 2.20. The molecule has 1 aliphatic heterocycles. The first-order valence-corrected chi connectivity index (χ1v) is 15.6. The Balaban J connectivity index is 2.49. The fourth-order valence-electron chi connectivity index (χ4n) is 3.53. The molecule has 1 aliphatic rings. The van der Waals surface area contributed by atoms with Crippen molar-refractivity contribution in [1.82, 2.24) is 0 Å². The molecule has 0 aromatic carbocycles. The third-order valence-corrected chi connectivity index (χ3v) is 10.3. The number of hydrogen-bond donors (Lipinski definition) is 0. The maximum Gasteiger partial charge on any atom is 0.135 e. The Morgan fingerprint density at radius 3 is 2.43 bits per heavy atom. The van der Waals surface area contributed by atoms with Crippen molar-refractivity contribution >= 4 is 44.9 Å². The summed E-state index contributed by atoms with van der Waals surface area (Å²) < 4.78 is 0.307. The highest BCUT2D eigenvalue weighted by molar-refractivity contribution is 8.78. The van der Waals surface area contributed by atoms with Crippen LogP contribution in [0.4, 0.5) is 0 Å². The van der Waals surface area contributed by atoms with Crippen LogP contribution in [0.25, 0.3) is 0 Å². The van der Waals surface area contributed by atoms with Gasteiger partial charge in [0.25, 0.3) is 0 Å². The third kappa shape index (κ3) is 15.9. The minimum absolute atomic E-state index is 0.205. The minimum Gasteiger partial charge on any atom is -0.300 e. The highest BCUT2D eigenvalue weighted by atomic mass is 33.1. The van der Waals surface area contributed by atoms with Crippen LogP contribution in [0, 0.1) is 0 Å². The van der Waals surface area contributed by atoms with Crippen LogP contribution in [0.15, 0.2) is 12.2 Å². The summed E-state index contributed by atoms with van der Waals surface area (Å²) in [7, 11) is 3.83. The molecule has 0 aromatic heterocycles. The van der Waals surface area contributed by atoms with E-state index in [-0.39, 0.29) is 11.6 Å². The Labute approximate surface area is 198 Å². The van der Waals surface area contributed by atoms with Gasteiger partial charge >= 0.3 is 0 Å². The van der Waals surface area contributed by atoms with Crippen LogP contribution in [0.5, 0.6) is 0 Å². The van der Waals surface area contributed by atoms with Crippen molar-refractivity contribution in [2.24, 2.45) is 0 Å². The molecule has 5 heteroatoms. The van der Waals surface area contributed by atoms with E-state index in [0.29, 0.717) is 35.5 Å². The first-order chi connectivity index (χ1) is 14.7. The maximum atomic E-state index is 12.5. The van der Waals surface area contributed by atoms with E-state index in [4.69, 9.17) is 0 Å². The smallest absolute Gasteiger partial charge is 0.135 e. The molecule has 2 unspecified atom stereocenters. The summed E-state index contributed by atoms with van der Waals surface area (Å²) in [5.41, 5.74) is 0. The van der Waals surface area contributed by atoms with Gasteiger partial charge in [-0.05, 0) is 25.7 Å². The van der Waals surface area contributed by atoms with Gasteiger partial charge in [-0.25, -0.2) is 0 Å². The Morgan fingerprint density at radius 1 is 0.900 bits per heavy atom. The summed E-state index contributed by atoms with van der Waals surface area (Å²) in [6.07, 6.45) is 22.6. The molecule has 1 rings (SSSR count). The second kappa shape index (κ2) is 19.8. The number of rotatable bonds is 14. The summed E-state index contributed by atoms with van der Waals surface area (Å²) in [6, 6.07) is 0. The van der Waals surface area contributed by atoms with Crippen LogP contribution >= 0.6 is 33.3 Å². The number of ketones is 2. The number of unbranched alkanes of at least 4 members (excludes halogenated alkanes) is 6. The van der Waals surface area contributed by atoms with Crippen LogP contribution < -0.4 is 0 Å². The van der Waals surface area contributed by atoms with Crippen molar-refractivity contribution in [3.8, 4) is 0 Å². The third-order valence-electron chi connectivity index (χ3n) is 5.51. The number of hydrogen-bond acceptors (Lipinski definition) is 5. The van der Waals surface area contributed by atoms with E-state index in [9.17, 15) is 9.59 Å². The molecular weight excluding hydrogens is 428 g/mol. The summed E-state index contributed by atoms with van der Waals surface area (Å²) in [6.45, 7) is 4.14. The van der Waals surface area contributed by atoms with Crippen LogP contribution in [0.3, 0.4) is 0 Å². The zero-order valence-corrected chi connectivity index (χ0v) is 21.8. The van der Waals surface area contributed by atoms with E-state index in [0.717, 1.165) is 0 Å². The molecule has 1 fully saturated rings. The van der Waals surface area contributed by atoms with Gasteiger partial charge in [-0.3, -0.25) is 9.59 Å². The minimum atomic E-state index is 0.205. The van der Waals surface area contributed by atoms with Gasteiger partial charge in [0.05, 0.1) is 4.58 Å². The molecule has 1 saturated heterocycles. The Bertz CT molecular complexity index is 479. The summed E-state index contributed by atoms with van der Waals surface area (Å²) in [5, 5.41) is 0.520. The lowest BCUT2D eigenvalue weighted by Crippen LogP contribution is -2.12. The zero-order valence-electron chi connectivity index (χ0n) is 19.4. The molecule has 0 spiro atoms. The SMILES string of the molecule is CCCCCCCC/C=C\C1CCCCCCSSC(CC(=O)CCC(=O)CC)S1. The van der Waals surface area contributed by atoms with Crippen LogP contribution in [0.2, 0.25) is 0 Å². The lowest BCUT2D eigenvalue weighted by molar-refractivity contribution is -0.123. The van der Waals surface area contributed by atoms with E-state index in [2.05, 4.69) is 19.1 Å². The van der Waals surface area contributed by atoms with Crippen molar-refractivity contribution in [3.63, 3.8) is 0 Å². The summed E-state index contributed by atoms with van der Waals surface area (Å²) >= 11 is 1.99. The molecule has 0 aromatic rings. The van der Waals surface area contributed by atoms with Gasteiger partial charge in [-0.2, -0.15) is 0 Å². The molecular formula is C25H44O2S3. The van der Waals surface area contributed by atoms with Crippen molar-refractivity contribution in [1.29, 1.82) is 0 Å². The van der Waals surface area contributed by atoms with Gasteiger partial charge in [-0.15, -0.1) is 11.8 Å². The van der Waals surface area contributed by atoms with E-state index in [1.165, 1.54) is 82.8 Å². The van der Waals surface area contributed by atoms with E-state index in [1.54, 1.807) is 0 Å². The fourth-order valence-corrected chi connectivity index (χ4v) is 8.35. The Kier molecular flexibility index (Phi) is 18.6. The van der Waals surface area contributed by atoms with E-state index >= 15 is 0 Å². The highest BCUT2D eigenvalue weighted by Crippen LogP contribution is 2.41. The molecule has 2 nitrogen and oxygen atoms in total. The van der Waals surface area contributed by atoms with Crippen molar-refractivity contribution < 1.29 is 9.59 Å². The van der Waals surface area contributed by atoms with Crippen molar-refractivity contribution in [2.75, 3.05) is 5.75 Å². The normalized spacial score (nSPS) is 21.4. The maximum absolute atomic E-state index is 12.5. The molecule has 0 bridgehead atoms. The number of allylic oxidation sites excluding steroid dienone is 1. The molecule has 0 amide bonds. The fraction of sp³-hybridized carbons (Fsp3) is 0.840. The summed E-state index contributed by atoms with van der Waals surface area (Å²) in [5.74, 6) is 1.64. The molecule has 0 saturated carbocycles. The molecule has 0 aliphatic carbocycles. The van der Waals surface area contributed by atoms with Gasteiger partial charge in [0, 0.05) is 36.7 Å². The Morgan fingerprint density at radius 2 is 1.63 bits per heavy atom. The monoisotopic (exact) mass is 472 g/mol. The van der Waals surface area contributed by atoms with Crippen molar-refractivity contribution in [2.45, 2.75) is 126 Å². The van der Waals surface area contributed by atoms with Gasteiger partial charge in [-0.1, -0.05) is 99.0 Å². The number of carbonyl (C=O) groups excluding carboxylic acids is 2. The average molecular weight is 473 g/mol. The molecule has 2 atom stereocenters. The molecule has 0 radical (unpaired) electrons. The predicted molar refractivity (Wildman–Crippen MR) is 140 cm³/mol. The lowest BCUT2D eigenvalue weighted by atomic mass is 10.1. The molecule has 1 heterocycles. The van der Waals surface area contributed by atoms with E-state index < -0.39 is 0 Å². The second-order valence-electron chi connectivity index (χ2n) is 8.34. The van der Waals surface area contributed by atoms with Gasteiger partial charge in [0.1, 0.15) is 11.6 Å². The van der Waals surface area contributed by atoms with Gasteiger partial charge in [0.15, 0.2) is 0 Å². The van der Waals surface area contributed by atoms with Crippen LogP contribution in [-0.4, -0.2) is 27.2 Å². The standard InChI is InChI=1S/C25H44O2S3/c1-3-5-6-7-8-9-10-13-16-24-17-14-11-12-15-20-28-30-25(29-24)21-23(27)19-18-22(26)4-2/h13,16,24-25H,3-12,14-15,17-21H2,1-2H3/b16-13-. The summed E-state index contributed by atoms with van der Waals surface area (Å²) in [4.78, 5) is 24.0. The zero-order chi connectivity index (χ0) is 21.9.